The topological polar surface area (TPSA) is 70.8 Å². The molecular formula is C30H21BrN4O3. The van der Waals surface area contributed by atoms with Crippen molar-refractivity contribution in [2.24, 2.45) is 0 Å². The Morgan fingerprint density at radius 1 is 0.895 bits per heavy atom. The molecule has 0 bridgehead atoms. The Morgan fingerprint density at radius 3 is 2.55 bits per heavy atom. The molecule has 0 amide bonds. The van der Waals surface area contributed by atoms with Crippen LogP contribution in [0.15, 0.2) is 89.7 Å². The zero-order valence-electron chi connectivity index (χ0n) is 20.6. The van der Waals surface area contributed by atoms with Crippen LogP contribution in [0.3, 0.4) is 0 Å². The van der Waals surface area contributed by atoms with Crippen LogP contribution in [0, 0.1) is 0 Å². The number of rotatable bonds is 4. The van der Waals surface area contributed by atoms with Gasteiger partial charge in [-0.15, -0.1) is 5.10 Å². The molecule has 2 aromatic heterocycles. The Balaban J connectivity index is 1.52. The Bertz CT molecular complexity index is 1870. The first-order chi connectivity index (χ1) is 18.7. The zero-order chi connectivity index (χ0) is 25.8. The fraction of sp³-hybridized carbons (Fsp3) is 0.100. The number of hydrogen-bond donors (Lipinski definition) is 0. The third kappa shape index (κ3) is 3.44. The van der Waals surface area contributed by atoms with E-state index in [1.165, 1.54) is 0 Å². The molecule has 0 fully saturated rings. The summed E-state index contributed by atoms with van der Waals surface area (Å²) in [6, 6.07) is 26.3. The van der Waals surface area contributed by atoms with Crippen LogP contribution in [-0.2, 0) is 0 Å². The highest BCUT2D eigenvalue weighted by Crippen LogP contribution is 2.51. The standard InChI is InChI=1S/C30H21BrN4O3/c1-36-23-14-12-18(15-24(23)37-2)25-21-13-11-17-7-3-4-8-19(17)27(21)38-30-26(25)29-33-28(34-35(29)16-32-30)20-9-5-6-10-22(20)31/h3-16,25H,1-2H3/t25-/m0/s1. The summed E-state index contributed by atoms with van der Waals surface area (Å²) in [4.78, 5) is 9.70. The normalized spacial score (nSPS) is 14.1. The molecule has 1 aliphatic rings. The number of nitrogens with zero attached hydrogens (tertiary/aromatic N) is 4. The lowest BCUT2D eigenvalue weighted by Gasteiger charge is -2.29. The van der Waals surface area contributed by atoms with E-state index in [-0.39, 0.29) is 5.92 Å². The highest BCUT2D eigenvalue weighted by Gasteiger charge is 2.35. The van der Waals surface area contributed by atoms with Crippen LogP contribution in [0.5, 0.6) is 23.1 Å². The smallest absolute Gasteiger partial charge is 0.228 e. The van der Waals surface area contributed by atoms with E-state index in [1.54, 1.807) is 25.1 Å². The Kier molecular flexibility index (Phi) is 5.30. The molecule has 0 saturated carbocycles. The van der Waals surface area contributed by atoms with Crippen LogP contribution in [0.4, 0.5) is 0 Å². The maximum Gasteiger partial charge on any atom is 0.228 e. The van der Waals surface area contributed by atoms with Gasteiger partial charge in [-0.25, -0.2) is 14.5 Å². The molecule has 0 unspecified atom stereocenters. The summed E-state index contributed by atoms with van der Waals surface area (Å²) in [5, 5.41) is 6.88. The largest absolute Gasteiger partial charge is 0.493 e. The molecule has 6 aromatic rings. The molecule has 0 N–H and O–H groups in total. The average molecular weight is 565 g/mol. The van der Waals surface area contributed by atoms with E-state index in [2.05, 4.69) is 46.3 Å². The molecule has 0 saturated heterocycles. The van der Waals surface area contributed by atoms with Crippen molar-refractivity contribution in [3.63, 3.8) is 0 Å². The van der Waals surface area contributed by atoms with Gasteiger partial charge in [0.05, 0.1) is 19.8 Å². The van der Waals surface area contributed by atoms with E-state index in [0.29, 0.717) is 28.9 Å². The highest BCUT2D eigenvalue weighted by atomic mass is 79.9. The molecule has 186 valence electrons. The number of halogens is 1. The summed E-state index contributed by atoms with van der Waals surface area (Å²) in [6.07, 6.45) is 1.66. The van der Waals surface area contributed by atoms with Gasteiger partial charge in [-0.3, -0.25) is 0 Å². The Morgan fingerprint density at radius 2 is 1.71 bits per heavy atom. The second-order valence-electron chi connectivity index (χ2n) is 9.00. The van der Waals surface area contributed by atoms with Gasteiger partial charge in [0.25, 0.3) is 0 Å². The van der Waals surface area contributed by atoms with Crippen molar-refractivity contribution in [2.45, 2.75) is 5.92 Å². The van der Waals surface area contributed by atoms with Crippen LogP contribution in [-0.4, -0.2) is 33.8 Å². The summed E-state index contributed by atoms with van der Waals surface area (Å²) in [5.74, 6) is 2.98. The van der Waals surface area contributed by atoms with Gasteiger partial charge < -0.3 is 14.2 Å². The van der Waals surface area contributed by atoms with Crippen LogP contribution < -0.4 is 14.2 Å². The third-order valence-corrected chi connectivity index (χ3v) is 7.64. The molecule has 1 atom stereocenters. The molecule has 7 nitrogen and oxygen atoms in total. The van der Waals surface area contributed by atoms with Gasteiger partial charge in [-0.05, 0) is 35.2 Å². The van der Waals surface area contributed by atoms with Gasteiger partial charge in [0.15, 0.2) is 23.0 Å². The molecular weight excluding hydrogens is 544 g/mol. The predicted octanol–water partition coefficient (Wildman–Crippen LogP) is 7.01. The fourth-order valence-electron chi connectivity index (χ4n) is 5.18. The van der Waals surface area contributed by atoms with Crippen molar-refractivity contribution < 1.29 is 14.2 Å². The van der Waals surface area contributed by atoms with E-state index >= 15 is 0 Å². The van der Waals surface area contributed by atoms with E-state index in [0.717, 1.165) is 43.2 Å². The number of hydrogen-bond acceptors (Lipinski definition) is 6. The van der Waals surface area contributed by atoms with E-state index in [4.69, 9.17) is 29.3 Å². The minimum absolute atomic E-state index is 0.231. The van der Waals surface area contributed by atoms with Crippen LogP contribution in [0.1, 0.15) is 22.6 Å². The quantitative estimate of drug-likeness (QED) is 0.229. The Labute approximate surface area is 226 Å². The summed E-state index contributed by atoms with van der Waals surface area (Å²) >= 11 is 3.63. The van der Waals surface area contributed by atoms with E-state index in [1.807, 2.05) is 48.5 Å². The molecule has 3 heterocycles. The first kappa shape index (κ1) is 22.7. The van der Waals surface area contributed by atoms with E-state index in [9.17, 15) is 0 Å². The maximum atomic E-state index is 6.53. The lowest BCUT2D eigenvalue weighted by atomic mass is 9.82. The lowest BCUT2D eigenvalue weighted by molar-refractivity contribution is 0.354. The molecule has 38 heavy (non-hydrogen) atoms. The number of fused-ring (bicyclic) bond motifs is 6. The first-order valence-electron chi connectivity index (χ1n) is 12.1. The second kappa shape index (κ2) is 8.85. The molecule has 0 spiro atoms. The number of methoxy groups -OCH3 is 2. The van der Waals surface area contributed by atoms with Gasteiger partial charge in [-0.2, -0.15) is 0 Å². The molecule has 0 aliphatic carbocycles. The number of ether oxygens (including phenoxy) is 3. The first-order valence-corrected chi connectivity index (χ1v) is 12.9. The zero-order valence-corrected chi connectivity index (χ0v) is 22.1. The van der Waals surface area contributed by atoms with Gasteiger partial charge in [-0.1, -0.05) is 70.5 Å². The molecule has 4 aromatic carbocycles. The summed E-state index contributed by atoms with van der Waals surface area (Å²) in [7, 11) is 3.28. The van der Waals surface area contributed by atoms with Gasteiger partial charge in [0, 0.05) is 26.9 Å². The molecule has 8 heteroatoms. The summed E-state index contributed by atoms with van der Waals surface area (Å²) in [5.41, 5.74) is 4.44. The molecule has 0 radical (unpaired) electrons. The van der Waals surface area contributed by atoms with Crippen LogP contribution in [0.2, 0.25) is 0 Å². The fourth-order valence-corrected chi connectivity index (χ4v) is 5.64. The minimum atomic E-state index is -0.231. The second-order valence-corrected chi connectivity index (χ2v) is 9.86. The van der Waals surface area contributed by atoms with Crippen molar-refractivity contribution in [1.82, 2.24) is 19.6 Å². The highest BCUT2D eigenvalue weighted by molar-refractivity contribution is 9.10. The van der Waals surface area contributed by atoms with Crippen molar-refractivity contribution >= 4 is 32.3 Å². The van der Waals surface area contributed by atoms with Crippen molar-refractivity contribution in [2.75, 3.05) is 14.2 Å². The monoisotopic (exact) mass is 564 g/mol. The van der Waals surface area contributed by atoms with E-state index < -0.39 is 0 Å². The molecule has 1 aliphatic heterocycles. The number of benzene rings is 4. The summed E-state index contributed by atoms with van der Waals surface area (Å²) < 4.78 is 20.4. The Hall–Kier alpha value is -4.43. The van der Waals surface area contributed by atoms with Gasteiger partial charge in [0.2, 0.25) is 5.88 Å². The molecule has 7 rings (SSSR count). The summed E-state index contributed by atoms with van der Waals surface area (Å²) in [6.45, 7) is 0. The maximum absolute atomic E-state index is 6.53. The van der Waals surface area contributed by atoms with Crippen LogP contribution >= 0.6 is 15.9 Å². The van der Waals surface area contributed by atoms with Crippen molar-refractivity contribution in [1.29, 1.82) is 0 Å². The number of aromatic nitrogens is 4. The third-order valence-electron chi connectivity index (χ3n) is 6.95. The predicted molar refractivity (Wildman–Crippen MR) is 148 cm³/mol. The van der Waals surface area contributed by atoms with Gasteiger partial charge >= 0.3 is 0 Å². The lowest BCUT2D eigenvalue weighted by Crippen LogP contribution is -2.15. The average Bonchev–Trinajstić information content (AvgIpc) is 3.40. The van der Waals surface area contributed by atoms with Crippen LogP contribution in [0.25, 0.3) is 27.8 Å². The van der Waals surface area contributed by atoms with Crippen molar-refractivity contribution in [3.8, 4) is 34.5 Å². The minimum Gasteiger partial charge on any atom is -0.493 e. The van der Waals surface area contributed by atoms with Crippen molar-refractivity contribution in [3.05, 3.63) is 106 Å². The SMILES string of the molecule is COc1ccc([C@H]2c3ccc4ccccc4c3Oc3ncn4nc(-c5ccccc5Br)nc4c32)cc1OC. The van der Waals surface area contributed by atoms with Gasteiger partial charge in [0.1, 0.15) is 12.1 Å².